The third-order valence-corrected chi connectivity index (χ3v) is 2.52. The summed E-state index contributed by atoms with van der Waals surface area (Å²) in [5.41, 5.74) is 1.61. The van der Waals surface area contributed by atoms with E-state index < -0.39 is 0 Å². The minimum absolute atomic E-state index is 0.0983. The van der Waals surface area contributed by atoms with Crippen molar-refractivity contribution in [1.29, 1.82) is 0 Å². The maximum absolute atomic E-state index is 11.8. The summed E-state index contributed by atoms with van der Waals surface area (Å²) in [5.74, 6) is 1.31. The zero-order valence-electron chi connectivity index (χ0n) is 9.91. The molecule has 0 spiro atoms. The number of amides is 1. The summed E-state index contributed by atoms with van der Waals surface area (Å²) in [6.07, 6.45) is 4.11. The zero-order chi connectivity index (χ0) is 12.3. The molecule has 0 aliphatic heterocycles. The van der Waals surface area contributed by atoms with Crippen LogP contribution in [0.2, 0.25) is 0 Å². The molecule has 0 aliphatic rings. The van der Waals surface area contributed by atoms with Crippen LogP contribution in [0.5, 0.6) is 0 Å². The lowest BCUT2D eigenvalue weighted by Gasteiger charge is -2.02. The van der Waals surface area contributed by atoms with Gasteiger partial charge in [-0.1, -0.05) is 0 Å². The van der Waals surface area contributed by atoms with Crippen molar-refractivity contribution >= 4 is 5.91 Å². The molecule has 2 aromatic heterocycles. The van der Waals surface area contributed by atoms with E-state index in [0.717, 1.165) is 17.9 Å². The van der Waals surface area contributed by atoms with Crippen LogP contribution in [-0.4, -0.2) is 22.4 Å². The average molecular weight is 233 g/mol. The summed E-state index contributed by atoms with van der Waals surface area (Å²) in [7, 11) is 0. The lowest BCUT2D eigenvalue weighted by atomic mass is 10.2. The number of furan rings is 1. The Morgan fingerprint density at radius 1 is 1.53 bits per heavy atom. The Morgan fingerprint density at radius 2 is 2.35 bits per heavy atom. The largest absolute Gasteiger partial charge is 0.466 e. The predicted molar refractivity (Wildman–Crippen MR) is 62.8 cm³/mol. The van der Waals surface area contributed by atoms with Crippen molar-refractivity contribution < 1.29 is 9.21 Å². The van der Waals surface area contributed by atoms with Crippen molar-refractivity contribution in [2.45, 2.75) is 20.3 Å². The fourth-order valence-electron chi connectivity index (χ4n) is 1.68. The Bertz CT molecular complexity index is 500. The van der Waals surface area contributed by atoms with Gasteiger partial charge in [0.05, 0.1) is 11.9 Å². The number of aryl methyl sites for hydroxylation is 2. The summed E-state index contributed by atoms with van der Waals surface area (Å²) in [5, 5.41) is 2.84. The number of hydrogen-bond acceptors (Lipinski definition) is 3. The molecule has 0 saturated carbocycles. The summed E-state index contributed by atoms with van der Waals surface area (Å²) in [6.45, 7) is 4.19. The molecule has 0 atom stereocenters. The molecule has 5 nitrogen and oxygen atoms in total. The number of imidazole rings is 1. The quantitative estimate of drug-likeness (QED) is 0.842. The molecule has 2 aromatic rings. The van der Waals surface area contributed by atoms with Crippen molar-refractivity contribution in [3.05, 3.63) is 41.4 Å². The second kappa shape index (κ2) is 4.86. The molecule has 0 fully saturated rings. The molecule has 17 heavy (non-hydrogen) atoms. The Kier molecular flexibility index (Phi) is 3.27. The highest BCUT2D eigenvalue weighted by Crippen LogP contribution is 2.13. The van der Waals surface area contributed by atoms with Crippen molar-refractivity contribution in [1.82, 2.24) is 15.3 Å². The number of aromatic amines is 1. The fraction of sp³-hybridized carbons (Fsp3) is 0.333. The number of nitrogens with zero attached hydrogens (tertiary/aromatic N) is 1. The number of nitrogens with one attached hydrogen (secondary N) is 2. The van der Waals surface area contributed by atoms with Gasteiger partial charge in [0.25, 0.3) is 5.91 Å². The Hall–Kier alpha value is -2.04. The van der Waals surface area contributed by atoms with Crippen molar-refractivity contribution in [2.24, 2.45) is 0 Å². The molecule has 0 unspecified atom stereocenters. The molecule has 2 heterocycles. The highest BCUT2D eigenvalue weighted by molar-refractivity contribution is 5.95. The first-order valence-corrected chi connectivity index (χ1v) is 5.49. The number of carbonyl (C=O) groups is 1. The molecule has 0 aromatic carbocycles. The van der Waals surface area contributed by atoms with Crippen LogP contribution in [0.3, 0.4) is 0 Å². The van der Waals surface area contributed by atoms with E-state index in [0.29, 0.717) is 17.9 Å². The number of hydrogen-bond donors (Lipinski definition) is 2. The molecule has 1 amide bonds. The lowest BCUT2D eigenvalue weighted by molar-refractivity contribution is 0.0952. The van der Waals surface area contributed by atoms with Gasteiger partial charge >= 0.3 is 0 Å². The summed E-state index contributed by atoms with van der Waals surface area (Å²) >= 11 is 0. The highest BCUT2D eigenvalue weighted by Gasteiger charge is 2.12. The van der Waals surface area contributed by atoms with Crippen LogP contribution < -0.4 is 5.32 Å². The molecule has 90 valence electrons. The van der Waals surface area contributed by atoms with Gasteiger partial charge in [-0.3, -0.25) is 4.79 Å². The average Bonchev–Trinajstić information content (AvgIpc) is 2.88. The molecular formula is C12H15N3O2. The maximum atomic E-state index is 11.8. The maximum Gasteiger partial charge on any atom is 0.254 e. The summed E-state index contributed by atoms with van der Waals surface area (Å²) in [6, 6.07) is 1.75. The Morgan fingerprint density at radius 3 is 2.94 bits per heavy atom. The summed E-state index contributed by atoms with van der Waals surface area (Å²) in [4.78, 5) is 18.7. The van der Waals surface area contributed by atoms with Crippen LogP contribution in [-0.2, 0) is 6.42 Å². The molecule has 0 radical (unpaired) electrons. The normalized spacial score (nSPS) is 10.5. The second-order valence-corrected chi connectivity index (χ2v) is 3.91. The van der Waals surface area contributed by atoms with Gasteiger partial charge in [-0.15, -0.1) is 0 Å². The highest BCUT2D eigenvalue weighted by atomic mass is 16.3. The van der Waals surface area contributed by atoms with Gasteiger partial charge in [0, 0.05) is 24.9 Å². The van der Waals surface area contributed by atoms with E-state index in [1.807, 2.05) is 6.92 Å². The van der Waals surface area contributed by atoms with Crippen LogP contribution >= 0.6 is 0 Å². The third kappa shape index (κ3) is 2.75. The van der Waals surface area contributed by atoms with Gasteiger partial charge < -0.3 is 14.7 Å². The van der Waals surface area contributed by atoms with Gasteiger partial charge in [-0.2, -0.15) is 0 Å². The second-order valence-electron chi connectivity index (χ2n) is 3.91. The van der Waals surface area contributed by atoms with E-state index in [1.165, 1.54) is 0 Å². The van der Waals surface area contributed by atoms with Crippen LogP contribution in [0.15, 0.2) is 23.0 Å². The number of aromatic nitrogens is 2. The standard InChI is InChI=1S/C12H15N3O2/c1-8-5-11(9(2)17-8)12(16)14-4-3-10-6-13-7-15-10/h5-7H,3-4H2,1-2H3,(H,13,15)(H,14,16). The third-order valence-electron chi connectivity index (χ3n) is 2.52. The molecule has 2 rings (SSSR count). The van der Waals surface area contributed by atoms with Gasteiger partial charge in [0.15, 0.2) is 0 Å². The minimum atomic E-state index is -0.0983. The van der Waals surface area contributed by atoms with E-state index in [9.17, 15) is 4.79 Å². The van der Waals surface area contributed by atoms with Gasteiger partial charge in [-0.25, -0.2) is 4.98 Å². The minimum Gasteiger partial charge on any atom is -0.466 e. The number of rotatable bonds is 4. The van der Waals surface area contributed by atoms with Crippen molar-refractivity contribution in [3.8, 4) is 0 Å². The lowest BCUT2D eigenvalue weighted by Crippen LogP contribution is -2.25. The predicted octanol–water partition coefficient (Wildman–Crippen LogP) is 1.59. The smallest absolute Gasteiger partial charge is 0.254 e. The Balaban J connectivity index is 1.87. The van der Waals surface area contributed by atoms with E-state index in [-0.39, 0.29) is 5.91 Å². The number of carbonyl (C=O) groups excluding carboxylic acids is 1. The van der Waals surface area contributed by atoms with Gasteiger partial charge in [-0.05, 0) is 19.9 Å². The molecular weight excluding hydrogens is 218 g/mol. The fourth-order valence-corrected chi connectivity index (χ4v) is 1.68. The van der Waals surface area contributed by atoms with E-state index in [1.54, 1.807) is 25.5 Å². The van der Waals surface area contributed by atoms with E-state index in [4.69, 9.17) is 4.42 Å². The van der Waals surface area contributed by atoms with Crippen molar-refractivity contribution in [3.63, 3.8) is 0 Å². The van der Waals surface area contributed by atoms with Crippen LogP contribution in [0.4, 0.5) is 0 Å². The first-order valence-electron chi connectivity index (χ1n) is 5.49. The van der Waals surface area contributed by atoms with Crippen LogP contribution in [0.25, 0.3) is 0 Å². The monoisotopic (exact) mass is 233 g/mol. The molecule has 2 N–H and O–H groups in total. The van der Waals surface area contributed by atoms with Gasteiger partial charge in [0.1, 0.15) is 11.5 Å². The molecule has 0 bridgehead atoms. The first-order chi connectivity index (χ1) is 8.16. The van der Waals surface area contributed by atoms with E-state index >= 15 is 0 Å². The topological polar surface area (TPSA) is 70.9 Å². The van der Waals surface area contributed by atoms with Crippen molar-refractivity contribution in [2.75, 3.05) is 6.54 Å². The van der Waals surface area contributed by atoms with Crippen LogP contribution in [0.1, 0.15) is 27.6 Å². The molecule has 0 aliphatic carbocycles. The first kappa shape index (κ1) is 11.4. The number of H-pyrrole nitrogens is 1. The Labute approximate surface area is 99.2 Å². The zero-order valence-corrected chi connectivity index (χ0v) is 9.91. The van der Waals surface area contributed by atoms with Gasteiger partial charge in [0.2, 0.25) is 0 Å². The van der Waals surface area contributed by atoms with Crippen LogP contribution in [0, 0.1) is 13.8 Å². The molecule has 5 heteroatoms. The summed E-state index contributed by atoms with van der Waals surface area (Å²) < 4.78 is 5.31. The SMILES string of the molecule is Cc1cc(C(=O)NCCc2cnc[nH]2)c(C)o1. The molecule has 0 saturated heterocycles. The van der Waals surface area contributed by atoms with E-state index in [2.05, 4.69) is 15.3 Å².